The molecule has 2 rings (SSSR count). The van der Waals surface area contributed by atoms with E-state index in [-0.39, 0.29) is 0 Å². The Morgan fingerprint density at radius 3 is 3.09 bits per heavy atom. The molecule has 1 aliphatic rings. The van der Waals surface area contributed by atoms with Gasteiger partial charge in [0, 0.05) is 0 Å². The summed E-state index contributed by atoms with van der Waals surface area (Å²) in [4.78, 5) is 0. The fourth-order valence-electron chi connectivity index (χ4n) is 1.36. The summed E-state index contributed by atoms with van der Waals surface area (Å²) < 4.78 is 3.00. The standard InChI is InChI=1S/C9H11IN/c1-11-9-6-10-8-5-3-2-4-7(8)9/h2-5,9,11H,6H2,1H3/q-1/t9-/m1/s1. The van der Waals surface area contributed by atoms with Gasteiger partial charge in [-0.3, -0.25) is 0 Å². The van der Waals surface area contributed by atoms with Crippen LogP contribution in [0.1, 0.15) is 11.6 Å². The molecule has 0 fully saturated rings. The van der Waals surface area contributed by atoms with Crippen molar-refractivity contribution in [2.24, 2.45) is 0 Å². The monoisotopic (exact) mass is 260 g/mol. The molecule has 60 valence electrons. The molecule has 0 bridgehead atoms. The van der Waals surface area contributed by atoms with E-state index >= 15 is 0 Å². The van der Waals surface area contributed by atoms with Crippen LogP contribution in [0.25, 0.3) is 0 Å². The van der Waals surface area contributed by atoms with Crippen molar-refractivity contribution in [3.05, 3.63) is 33.4 Å². The molecule has 1 nitrogen and oxygen atoms in total. The van der Waals surface area contributed by atoms with Gasteiger partial charge in [-0.25, -0.2) is 0 Å². The molecule has 0 saturated carbocycles. The predicted molar refractivity (Wildman–Crippen MR) is 41.8 cm³/mol. The minimum atomic E-state index is 0.313. The van der Waals surface area contributed by atoms with Crippen LogP contribution in [0, 0.1) is 3.57 Å². The van der Waals surface area contributed by atoms with E-state index in [0.29, 0.717) is 27.2 Å². The van der Waals surface area contributed by atoms with E-state index in [1.807, 2.05) is 0 Å². The van der Waals surface area contributed by atoms with Crippen LogP contribution in [0.5, 0.6) is 0 Å². The van der Waals surface area contributed by atoms with Gasteiger partial charge in [-0.1, -0.05) is 0 Å². The van der Waals surface area contributed by atoms with Gasteiger partial charge < -0.3 is 0 Å². The van der Waals surface area contributed by atoms with Crippen LogP contribution in [0.2, 0.25) is 0 Å². The third-order valence-electron chi connectivity index (χ3n) is 2.00. The Morgan fingerprint density at radius 1 is 1.45 bits per heavy atom. The second-order valence-electron chi connectivity index (χ2n) is 2.65. The second-order valence-corrected chi connectivity index (χ2v) is 5.46. The van der Waals surface area contributed by atoms with Crippen molar-refractivity contribution in [1.29, 1.82) is 0 Å². The first kappa shape index (κ1) is 7.55. The van der Waals surface area contributed by atoms with Crippen molar-refractivity contribution in [3.63, 3.8) is 0 Å². The number of hydrogen-bond acceptors (Lipinski definition) is 1. The summed E-state index contributed by atoms with van der Waals surface area (Å²) in [6.07, 6.45) is 0. The summed E-state index contributed by atoms with van der Waals surface area (Å²) in [5.74, 6) is 0. The van der Waals surface area contributed by atoms with Gasteiger partial charge in [-0.15, -0.1) is 0 Å². The number of nitrogens with one attached hydrogen (secondary N) is 1. The Morgan fingerprint density at radius 2 is 2.27 bits per heavy atom. The molecule has 1 aliphatic heterocycles. The van der Waals surface area contributed by atoms with Gasteiger partial charge >= 0.3 is 77.4 Å². The maximum absolute atomic E-state index is 3.35. The summed E-state index contributed by atoms with van der Waals surface area (Å²) in [7, 11) is 2.05. The number of alkyl halides is 1. The normalized spacial score (nSPS) is 22.5. The molecule has 1 aromatic carbocycles. The number of hydrogen-bond donors (Lipinski definition) is 1. The predicted octanol–water partition coefficient (Wildman–Crippen LogP) is -1.78. The Balaban J connectivity index is 2.39. The van der Waals surface area contributed by atoms with Gasteiger partial charge in [0.15, 0.2) is 0 Å². The van der Waals surface area contributed by atoms with Gasteiger partial charge in [0.25, 0.3) is 0 Å². The SMILES string of the molecule is CN[C@@H]1C[I-]c2ccccc21. The fraction of sp³-hybridized carbons (Fsp3) is 0.333. The summed E-state index contributed by atoms with van der Waals surface area (Å²) >= 11 is 0.313. The van der Waals surface area contributed by atoms with Gasteiger partial charge in [-0.2, -0.15) is 0 Å². The third kappa shape index (κ3) is 1.29. The van der Waals surface area contributed by atoms with E-state index < -0.39 is 0 Å². The number of rotatable bonds is 1. The molecule has 0 aromatic heterocycles. The average Bonchev–Trinajstić information content (AvgIpc) is 2.47. The first-order chi connectivity index (χ1) is 5.42. The van der Waals surface area contributed by atoms with E-state index in [1.54, 1.807) is 9.13 Å². The van der Waals surface area contributed by atoms with Crippen LogP contribution in [-0.2, 0) is 0 Å². The summed E-state index contributed by atoms with van der Waals surface area (Å²) in [6.45, 7) is 0. The number of halogens is 1. The minimum absolute atomic E-state index is 0.313. The van der Waals surface area contributed by atoms with E-state index in [2.05, 4.69) is 36.6 Å². The van der Waals surface area contributed by atoms with Crippen LogP contribution < -0.4 is 26.5 Å². The maximum atomic E-state index is 3.35. The van der Waals surface area contributed by atoms with Crippen LogP contribution in [0.3, 0.4) is 0 Å². The number of benzene rings is 1. The molecule has 0 spiro atoms. The topological polar surface area (TPSA) is 12.0 Å². The molecule has 11 heavy (non-hydrogen) atoms. The molecule has 0 aliphatic carbocycles. The molecular weight excluding hydrogens is 249 g/mol. The number of fused-ring (bicyclic) bond motifs is 1. The second kappa shape index (κ2) is 3.11. The van der Waals surface area contributed by atoms with E-state index in [1.165, 1.54) is 4.43 Å². The quantitative estimate of drug-likeness (QED) is 0.465. The van der Waals surface area contributed by atoms with E-state index in [9.17, 15) is 0 Å². The van der Waals surface area contributed by atoms with E-state index in [4.69, 9.17) is 0 Å². The van der Waals surface area contributed by atoms with Crippen LogP contribution in [-0.4, -0.2) is 11.5 Å². The van der Waals surface area contributed by atoms with Crippen molar-refractivity contribution in [2.75, 3.05) is 11.5 Å². The Bertz CT molecular complexity index is 259. The van der Waals surface area contributed by atoms with Crippen LogP contribution in [0.15, 0.2) is 24.3 Å². The van der Waals surface area contributed by atoms with E-state index in [0.717, 1.165) is 0 Å². The summed E-state index contributed by atoms with van der Waals surface area (Å²) in [5.41, 5.74) is 1.54. The molecule has 1 aromatic rings. The van der Waals surface area contributed by atoms with Crippen molar-refractivity contribution in [2.45, 2.75) is 6.04 Å². The Kier molecular flexibility index (Phi) is 2.13. The summed E-state index contributed by atoms with van der Waals surface area (Å²) in [5, 5.41) is 3.35. The van der Waals surface area contributed by atoms with Gasteiger partial charge in [0.05, 0.1) is 0 Å². The Labute approximate surface area is 77.5 Å². The fourth-order valence-corrected chi connectivity index (χ4v) is 4.64. The third-order valence-corrected chi connectivity index (χ3v) is 5.13. The molecule has 0 saturated heterocycles. The van der Waals surface area contributed by atoms with Gasteiger partial charge in [-0.05, 0) is 0 Å². The first-order valence-electron chi connectivity index (χ1n) is 3.77. The molecule has 1 N–H and O–H groups in total. The molecule has 0 radical (unpaired) electrons. The zero-order valence-corrected chi connectivity index (χ0v) is 8.63. The molecule has 0 unspecified atom stereocenters. The van der Waals surface area contributed by atoms with Gasteiger partial charge in [0.1, 0.15) is 0 Å². The molecular formula is C9H11IN-. The Hall–Kier alpha value is -0.0900. The molecule has 0 amide bonds. The van der Waals surface area contributed by atoms with Crippen molar-refractivity contribution >= 4 is 0 Å². The average molecular weight is 260 g/mol. The molecule has 2 heteroatoms. The van der Waals surface area contributed by atoms with Crippen molar-refractivity contribution in [1.82, 2.24) is 5.32 Å². The van der Waals surface area contributed by atoms with Crippen molar-refractivity contribution < 1.29 is 21.2 Å². The molecule has 1 heterocycles. The van der Waals surface area contributed by atoms with Crippen LogP contribution in [0.4, 0.5) is 0 Å². The van der Waals surface area contributed by atoms with Gasteiger partial charge in [0.2, 0.25) is 0 Å². The van der Waals surface area contributed by atoms with Crippen molar-refractivity contribution in [3.8, 4) is 0 Å². The molecule has 1 atom stereocenters. The first-order valence-corrected chi connectivity index (χ1v) is 6.37. The zero-order valence-electron chi connectivity index (χ0n) is 6.47. The summed E-state index contributed by atoms with van der Waals surface area (Å²) in [6, 6.07) is 9.47. The van der Waals surface area contributed by atoms with Crippen LogP contribution >= 0.6 is 0 Å². The zero-order chi connectivity index (χ0) is 7.68.